The first-order chi connectivity index (χ1) is 12.0. The molecule has 0 spiro atoms. The molecule has 2 heterocycles. The van der Waals surface area contributed by atoms with Gasteiger partial charge in [0.25, 0.3) is 0 Å². The molecule has 2 saturated heterocycles. The summed E-state index contributed by atoms with van der Waals surface area (Å²) in [7, 11) is 3.42. The van der Waals surface area contributed by atoms with E-state index < -0.39 is 0 Å². The van der Waals surface area contributed by atoms with E-state index in [-0.39, 0.29) is 36.2 Å². The SMILES string of the molecule is COc1ccc(C2C(C(=O)N3CCC(CN)C3)CCC(=O)N2C)cc1.Cl. The van der Waals surface area contributed by atoms with Crippen molar-refractivity contribution in [3.63, 3.8) is 0 Å². The molecule has 0 radical (unpaired) electrons. The normalized spacial score (nSPS) is 25.8. The zero-order valence-electron chi connectivity index (χ0n) is 15.4. The number of amides is 2. The van der Waals surface area contributed by atoms with Crippen LogP contribution in [0.25, 0.3) is 0 Å². The number of likely N-dealkylation sites (tertiary alicyclic amines) is 2. The van der Waals surface area contributed by atoms with Crippen LogP contribution >= 0.6 is 12.4 Å². The molecule has 3 unspecified atom stereocenters. The average molecular weight is 382 g/mol. The smallest absolute Gasteiger partial charge is 0.228 e. The van der Waals surface area contributed by atoms with Gasteiger partial charge in [-0.15, -0.1) is 12.4 Å². The molecule has 1 aromatic rings. The van der Waals surface area contributed by atoms with Crippen molar-refractivity contribution in [2.75, 3.05) is 33.8 Å². The van der Waals surface area contributed by atoms with Crippen LogP contribution < -0.4 is 10.5 Å². The number of methoxy groups -OCH3 is 1. The van der Waals surface area contributed by atoms with Crippen LogP contribution in [0.3, 0.4) is 0 Å². The molecule has 3 atom stereocenters. The molecule has 0 saturated carbocycles. The summed E-state index contributed by atoms with van der Waals surface area (Å²) in [6.45, 7) is 2.12. The molecule has 2 amide bonds. The van der Waals surface area contributed by atoms with E-state index in [2.05, 4.69) is 0 Å². The van der Waals surface area contributed by atoms with Crippen LogP contribution in [0, 0.1) is 11.8 Å². The summed E-state index contributed by atoms with van der Waals surface area (Å²) in [6.07, 6.45) is 1.99. The van der Waals surface area contributed by atoms with Gasteiger partial charge in [0.15, 0.2) is 0 Å². The highest BCUT2D eigenvalue weighted by Crippen LogP contribution is 2.38. The van der Waals surface area contributed by atoms with Crippen molar-refractivity contribution in [2.24, 2.45) is 17.6 Å². The highest BCUT2D eigenvalue weighted by atomic mass is 35.5. The quantitative estimate of drug-likeness (QED) is 0.863. The minimum absolute atomic E-state index is 0. The molecule has 2 aliphatic rings. The van der Waals surface area contributed by atoms with E-state index >= 15 is 0 Å². The van der Waals surface area contributed by atoms with E-state index in [1.807, 2.05) is 29.2 Å². The number of nitrogens with zero attached hydrogens (tertiary/aromatic N) is 2. The van der Waals surface area contributed by atoms with Gasteiger partial charge in [-0.05, 0) is 43.0 Å². The maximum absolute atomic E-state index is 13.1. The van der Waals surface area contributed by atoms with Gasteiger partial charge in [-0.3, -0.25) is 9.59 Å². The fourth-order valence-electron chi connectivity index (χ4n) is 4.01. The summed E-state index contributed by atoms with van der Waals surface area (Å²) in [4.78, 5) is 29.1. The Bertz CT molecular complexity index is 637. The molecule has 144 valence electrons. The Balaban J connectivity index is 0.00000243. The zero-order chi connectivity index (χ0) is 18.0. The van der Waals surface area contributed by atoms with E-state index in [1.165, 1.54) is 0 Å². The predicted octanol–water partition coefficient (Wildman–Crippen LogP) is 1.83. The third-order valence-corrected chi connectivity index (χ3v) is 5.57. The van der Waals surface area contributed by atoms with Crippen molar-refractivity contribution < 1.29 is 14.3 Å². The topological polar surface area (TPSA) is 75.9 Å². The predicted molar refractivity (Wildman–Crippen MR) is 102 cm³/mol. The van der Waals surface area contributed by atoms with Crippen LogP contribution in [-0.2, 0) is 9.59 Å². The molecule has 0 aliphatic carbocycles. The minimum Gasteiger partial charge on any atom is -0.497 e. The second kappa shape index (κ2) is 8.73. The molecule has 2 fully saturated rings. The molecule has 2 aliphatic heterocycles. The Morgan fingerprint density at radius 3 is 2.54 bits per heavy atom. The summed E-state index contributed by atoms with van der Waals surface area (Å²) in [5, 5.41) is 0. The van der Waals surface area contributed by atoms with Gasteiger partial charge in [0.2, 0.25) is 11.8 Å². The van der Waals surface area contributed by atoms with Gasteiger partial charge in [0.05, 0.1) is 19.1 Å². The van der Waals surface area contributed by atoms with Crippen LogP contribution in [0.2, 0.25) is 0 Å². The standard InChI is InChI=1S/C19H27N3O3.ClH/c1-21-17(23)8-7-16(19(24)22-10-9-13(11-20)12-22)18(21)14-3-5-15(25-2)6-4-14;/h3-6,13,16,18H,7-12,20H2,1-2H3;1H. The van der Waals surface area contributed by atoms with Gasteiger partial charge in [0.1, 0.15) is 5.75 Å². The lowest BCUT2D eigenvalue weighted by atomic mass is 9.83. The van der Waals surface area contributed by atoms with Crippen LogP contribution in [0.1, 0.15) is 30.9 Å². The number of carbonyl (C=O) groups is 2. The fourth-order valence-corrected chi connectivity index (χ4v) is 4.01. The fraction of sp³-hybridized carbons (Fsp3) is 0.579. The maximum atomic E-state index is 13.1. The van der Waals surface area contributed by atoms with E-state index in [9.17, 15) is 9.59 Å². The number of hydrogen-bond donors (Lipinski definition) is 1. The van der Waals surface area contributed by atoms with Crippen molar-refractivity contribution >= 4 is 24.2 Å². The largest absolute Gasteiger partial charge is 0.497 e. The first kappa shape index (κ1) is 20.5. The number of rotatable bonds is 4. The third-order valence-electron chi connectivity index (χ3n) is 5.57. The zero-order valence-corrected chi connectivity index (χ0v) is 16.2. The van der Waals surface area contributed by atoms with Crippen molar-refractivity contribution in [1.29, 1.82) is 0 Å². The first-order valence-corrected chi connectivity index (χ1v) is 8.93. The van der Waals surface area contributed by atoms with Crippen molar-refractivity contribution in [3.8, 4) is 5.75 Å². The van der Waals surface area contributed by atoms with Gasteiger partial charge in [-0.1, -0.05) is 12.1 Å². The van der Waals surface area contributed by atoms with Gasteiger partial charge >= 0.3 is 0 Å². The van der Waals surface area contributed by atoms with Gasteiger partial charge in [-0.25, -0.2) is 0 Å². The molecule has 2 N–H and O–H groups in total. The number of nitrogens with two attached hydrogens (primary N) is 1. The molecule has 7 heteroatoms. The Hall–Kier alpha value is -1.79. The third kappa shape index (κ3) is 3.96. The minimum atomic E-state index is -0.225. The molecular formula is C19H28ClN3O3. The molecular weight excluding hydrogens is 354 g/mol. The van der Waals surface area contributed by atoms with E-state index in [0.717, 1.165) is 30.8 Å². The lowest BCUT2D eigenvalue weighted by Crippen LogP contribution is -2.47. The molecule has 26 heavy (non-hydrogen) atoms. The van der Waals surface area contributed by atoms with Gasteiger partial charge in [-0.2, -0.15) is 0 Å². The summed E-state index contributed by atoms with van der Waals surface area (Å²) >= 11 is 0. The number of hydrogen-bond acceptors (Lipinski definition) is 4. The maximum Gasteiger partial charge on any atom is 0.228 e. The highest BCUT2D eigenvalue weighted by molar-refractivity contribution is 5.85. The highest BCUT2D eigenvalue weighted by Gasteiger charge is 2.41. The number of halogens is 1. The van der Waals surface area contributed by atoms with Crippen LogP contribution in [-0.4, -0.2) is 55.4 Å². The van der Waals surface area contributed by atoms with Crippen LogP contribution in [0.5, 0.6) is 5.75 Å². The van der Waals surface area contributed by atoms with Gasteiger partial charge in [0, 0.05) is 26.6 Å². The second-order valence-electron chi connectivity index (χ2n) is 7.04. The number of ether oxygens (including phenoxy) is 1. The summed E-state index contributed by atoms with van der Waals surface area (Å²) in [6, 6.07) is 7.43. The molecule has 6 nitrogen and oxygen atoms in total. The lowest BCUT2D eigenvalue weighted by molar-refractivity contribution is -0.146. The number of benzene rings is 1. The lowest BCUT2D eigenvalue weighted by Gasteiger charge is -2.40. The van der Waals surface area contributed by atoms with E-state index in [1.54, 1.807) is 19.1 Å². The Morgan fingerprint density at radius 2 is 1.96 bits per heavy atom. The van der Waals surface area contributed by atoms with Crippen LogP contribution in [0.15, 0.2) is 24.3 Å². The first-order valence-electron chi connectivity index (χ1n) is 8.93. The molecule has 0 bridgehead atoms. The van der Waals surface area contributed by atoms with Crippen molar-refractivity contribution in [3.05, 3.63) is 29.8 Å². The van der Waals surface area contributed by atoms with Crippen molar-refractivity contribution in [1.82, 2.24) is 9.80 Å². The summed E-state index contributed by atoms with van der Waals surface area (Å²) < 4.78 is 5.22. The molecule has 1 aromatic carbocycles. The second-order valence-corrected chi connectivity index (χ2v) is 7.04. The monoisotopic (exact) mass is 381 g/mol. The van der Waals surface area contributed by atoms with Crippen LogP contribution in [0.4, 0.5) is 0 Å². The Labute approximate surface area is 161 Å². The Morgan fingerprint density at radius 1 is 1.27 bits per heavy atom. The number of piperidine rings is 1. The molecule has 3 rings (SSSR count). The Kier molecular flexibility index (Phi) is 6.89. The number of carbonyl (C=O) groups excluding carboxylic acids is 2. The summed E-state index contributed by atoms with van der Waals surface area (Å²) in [5.41, 5.74) is 6.73. The average Bonchev–Trinajstić information content (AvgIpc) is 3.12. The molecule has 0 aromatic heterocycles. The van der Waals surface area contributed by atoms with Crippen molar-refractivity contribution in [2.45, 2.75) is 25.3 Å². The summed E-state index contributed by atoms with van der Waals surface area (Å²) in [5.74, 6) is 1.20. The van der Waals surface area contributed by atoms with Gasteiger partial charge < -0.3 is 20.3 Å². The van der Waals surface area contributed by atoms with E-state index in [0.29, 0.717) is 25.3 Å². The van der Waals surface area contributed by atoms with E-state index in [4.69, 9.17) is 10.5 Å².